The molecule has 0 fully saturated rings. The lowest BCUT2D eigenvalue weighted by Gasteiger charge is -2.25. The van der Waals surface area contributed by atoms with Crippen LogP contribution in [-0.2, 0) is 0 Å². The zero-order chi connectivity index (χ0) is 16.6. The van der Waals surface area contributed by atoms with Gasteiger partial charge in [-0.05, 0) is 24.1 Å². The lowest BCUT2D eigenvalue weighted by atomic mass is 10.00. The van der Waals surface area contributed by atoms with Crippen molar-refractivity contribution in [3.8, 4) is 0 Å². The van der Waals surface area contributed by atoms with E-state index in [4.69, 9.17) is 28.8 Å². The van der Waals surface area contributed by atoms with E-state index in [1.807, 2.05) is 43.4 Å². The molecular weight excluding hydrogens is 324 g/mol. The van der Waals surface area contributed by atoms with E-state index in [9.17, 15) is 0 Å². The van der Waals surface area contributed by atoms with Crippen LogP contribution in [0.1, 0.15) is 25.0 Å². The van der Waals surface area contributed by atoms with Gasteiger partial charge < -0.3 is 4.90 Å². The predicted molar refractivity (Wildman–Crippen MR) is 103 cm³/mol. The molecule has 0 aromatic heterocycles. The molecule has 3 rings (SSSR count). The molecule has 0 amide bonds. The number of fused-ring (bicyclic) bond motifs is 1. The number of benzene rings is 2. The molecular formula is C19H19ClN2S. The highest BCUT2D eigenvalue weighted by Gasteiger charge is 2.29. The van der Waals surface area contributed by atoms with Gasteiger partial charge >= 0.3 is 0 Å². The second-order valence-electron chi connectivity index (χ2n) is 6.09. The van der Waals surface area contributed by atoms with Crippen molar-refractivity contribution in [1.29, 1.82) is 0 Å². The molecule has 2 aromatic rings. The molecule has 1 aliphatic rings. The molecule has 118 valence electrons. The molecule has 0 N–H and O–H groups in total. The Morgan fingerprint density at radius 2 is 1.83 bits per heavy atom. The number of halogens is 1. The quantitative estimate of drug-likeness (QED) is 0.715. The van der Waals surface area contributed by atoms with Gasteiger partial charge in [-0.25, -0.2) is 0 Å². The fraction of sp³-hybridized carbons (Fsp3) is 0.263. The van der Waals surface area contributed by atoms with E-state index >= 15 is 0 Å². The molecule has 0 bridgehead atoms. The van der Waals surface area contributed by atoms with E-state index in [1.54, 1.807) is 0 Å². The van der Waals surface area contributed by atoms with Gasteiger partial charge in [0.2, 0.25) is 0 Å². The third kappa shape index (κ3) is 3.04. The van der Waals surface area contributed by atoms with Crippen LogP contribution in [0, 0.1) is 5.92 Å². The van der Waals surface area contributed by atoms with E-state index in [-0.39, 0.29) is 6.04 Å². The number of likely N-dealkylation sites (N-methyl/N-ethyl adjacent to an activating group) is 1. The lowest BCUT2D eigenvalue weighted by molar-refractivity contribution is 0.598. The van der Waals surface area contributed by atoms with Crippen LogP contribution in [0.4, 0.5) is 5.69 Å². The van der Waals surface area contributed by atoms with Gasteiger partial charge in [0.05, 0.1) is 11.4 Å². The number of anilines is 1. The maximum absolute atomic E-state index is 6.26. The average molecular weight is 343 g/mol. The first-order chi connectivity index (χ1) is 11.0. The summed E-state index contributed by atoms with van der Waals surface area (Å²) in [6, 6.07) is 16.1. The zero-order valence-electron chi connectivity index (χ0n) is 13.5. The van der Waals surface area contributed by atoms with Crippen LogP contribution in [-0.4, -0.2) is 23.8 Å². The first-order valence-corrected chi connectivity index (χ1v) is 8.48. The van der Waals surface area contributed by atoms with Gasteiger partial charge in [0.25, 0.3) is 0 Å². The van der Waals surface area contributed by atoms with E-state index in [2.05, 4.69) is 30.9 Å². The number of nitrogens with zero attached hydrogens (tertiary/aromatic N) is 2. The Hall–Kier alpha value is -1.71. The minimum Gasteiger partial charge on any atom is -0.337 e. The Bertz CT molecular complexity index is 768. The fourth-order valence-corrected chi connectivity index (χ4v) is 3.43. The highest BCUT2D eigenvalue weighted by atomic mass is 35.5. The number of hydrogen-bond acceptors (Lipinski definition) is 2. The first kappa shape index (κ1) is 16.2. The Morgan fingerprint density at radius 1 is 1.13 bits per heavy atom. The van der Waals surface area contributed by atoms with Crippen LogP contribution in [0.15, 0.2) is 53.5 Å². The topological polar surface area (TPSA) is 15.6 Å². The SMILES string of the molecule is CC(C)[C@@H]1N=C(c2ccccc2)c2cc(Cl)ccc2N(C)C1=S. The molecule has 0 saturated heterocycles. The van der Waals surface area contributed by atoms with E-state index in [0.717, 1.165) is 27.5 Å². The minimum absolute atomic E-state index is 0.0311. The third-order valence-electron chi connectivity index (χ3n) is 4.11. The maximum Gasteiger partial charge on any atom is 0.107 e. The van der Waals surface area contributed by atoms with Gasteiger partial charge in [0.15, 0.2) is 0 Å². The highest BCUT2D eigenvalue weighted by Crippen LogP contribution is 2.31. The van der Waals surface area contributed by atoms with Gasteiger partial charge in [-0.3, -0.25) is 4.99 Å². The van der Waals surface area contributed by atoms with Crippen LogP contribution in [0.25, 0.3) is 0 Å². The molecule has 2 nitrogen and oxygen atoms in total. The summed E-state index contributed by atoms with van der Waals surface area (Å²) in [6.45, 7) is 4.31. The van der Waals surface area contributed by atoms with Crippen LogP contribution in [0.2, 0.25) is 5.02 Å². The van der Waals surface area contributed by atoms with Gasteiger partial charge in [-0.2, -0.15) is 0 Å². The van der Waals surface area contributed by atoms with Gasteiger partial charge in [0.1, 0.15) is 11.0 Å². The first-order valence-electron chi connectivity index (χ1n) is 7.69. The molecule has 0 unspecified atom stereocenters. The van der Waals surface area contributed by atoms with Gasteiger partial charge in [-0.15, -0.1) is 0 Å². The molecule has 1 heterocycles. The van der Waals surface area contributed by atoms with Crippen LogP contribution >= 0.6 is 23.8 Å². The Balaban J connectivity index is 2.28. The van der Waals surface area contributed by atoms with Gasteiger partial charge in [-0.1, -0.05) is 68.0 Å². The van der Waals surface area contributed by atoms with Crippen molar-refractivity contribution in [2.75, 3.05) is 11.9 Å². The maximum atomic E-state index is 6.26. The smallest absolute Gasteiger partial charge is 0.107 e. The van der Waals surface area contributed by atoms with Crippen molar-refractivity contribution in [3.63, 3.8) is 0 Å². The van der Waals surface area contributed by atoms with Crippen molar-refractivity contribution >= 4 is 40.2 Å². The summed E-state index contributed by atoms with van der Waals surface area (Å²) in [5.74, 6) is 0.327. The Morgan fingerprint density at radius 3 is 2.48 bits per heavy atom. The molecule has 1 aliphatic heterocycles. The molecule has 0 spiro atoms. The largest absolute Gasteiger partial charge is 0.337 e. The number of hydrogen-bond donors (Lipinski definition) is 0. The second-order valence-corrected chi connectivity index (χ2v) is 6.95. The monoisotopic (exact) mass is 342 g/mol. The molecule has 0 radical (unpaired) electrons. The Labute approximate surface area is 147 Å². The summed E-state index contributed by atoms with van der Waals surface area (Å²) >= 11 is 12.0. The van der Waals surface area contributed by atoms with Crippen molar-refractivity contribution in [1.82, 2.24) is 0 Å². The summed E-state index contributed by atoms with van der Waals surface area (Å²) in [5, 5.41) is 0.703. The lowest BCUT2D eigenvalue weighted by Crippen LogP contribution is -2.36. The van der Waals surface area contributed by atoms with Crippen LogP contribution in [0.3, 0.4) is 0 Å². The molecule has 0 saturated carbocycles. The van der Waals surface area contributed by atoms with Crippen molar-refractivity contribution in [3.05, 3.63) is 64.7 Å². The van der Waals surface area contributed by atoms with E-state index < -0.39 is 0 Å². The summed E-state index contributed by atoms with van der Waals surface area (Å²) in [6.07, 6.45) is 0. The number of thiocarbonyl (C=S) groups is 1. The molecule has 4 heteroatoms. The van der Waals surface area contributed by atoms with Gasteiger partial charge in [0, 0.05) is 23.2 Å². The van der Waals surface area contributed by atoms with E-state index in [0.29, 0.717) is 10.9 Å². The number of aliphatic imine (C=N–C) groups is 1. The number of benzodiazepines with no additional fused rings is 1. The molecule has 23 heavy (non-hydrogen) atoms. The normalized spacial score (nSPS) is 17.8. The molecule has 0 aliphatic carbocycles. The predicted octanol–water partition coefficient (Wildman–Crippen LogP) is 4.98. The summed E-state index contributed by atoms with van der Waals surface area (Å²) in [4.78, 5) is 7.94. The third-order valence-corrected chi connectivity index (χ3v) is 4.86. The standard InChI is InChI=1S/C19H19ClN2S/c1-12(2)17-19(23)22(3)16-10-9-14(20)11-15(16)18(21-17)13-7-5-4-6-8-13/h4-12,17H,1-3H3/t17-/m0/s1. The fourth-order valence-electron chi connectivity index (χ4n) is 2.83. The second kappa shape index (κ2) is 6.42. The highest BCUT2D eigenvalue weighted by molar-refractivity contribution is 7.80. The summed E-state index contributed by atoms with van der Waals surface area (Å²) in [5.41, 5.74) is 4.11. The summed E-state index contributed by atoms with van der Waals surface area (Å²) < 4.78 is 0. The zero-order valence-corrected chi connectivity index (χ0v) is 15.0. The van der Waals surface area contributed by atoms with Crippen LogP contribution < -0.4 is 4.90 Å². The minimum atomic E-state index is -0.0311. The average Bonchev–Trinajstić information content (AvgIpc) is 2.64. The Kier molecular flexibility index (Phi) is 4.51. The number of rotatable bonds is 2. The summed E-state index contributed by atoms with van der Waals surface area (Å²) in [7, 11) is 2.01. The van der Waals surface area contributed by atoms with Crippen molar-refractivity contribution in [2.45, 2.75) is 19.9 Å². The molecule has 2 aromatic carbocycles. The van der Waals surface area contributed by atoms with Crippen LogP contribution in [0.5, 0.6) is 0 Å². The van der Waals surface area contributed by atoms with E-state index in [1.165, 1.54) is 0 Å². The molecule has 1 atom stereocenters. The van der Waals surface area contributed by atoms with Crippen molar-refractivity contribution in [2.24, 2.45) is 10.9 Å². The van der Waals surface area contributed by atoms with Crippen molar-refractivity contribution < 1.29 is 0 Å².